The third-order valence-corrected chi connectivity index (χ3v) is 1.89. The second kappa shape index (κ2) is 6.12. The molecule has 0 saturated heterocycles. The summed E-state index contributed by atoms with van der Waals surface area (Å²) in [5.74, 6) is -4.01. The molecule has 2 unspecified atom stereocenters. The lowest BCUT2D eigenvalue weighted by molar-refractivity contribution is -0.184. The third kappa shape index (κ3) is 5.23. The molecule has 0 aliphatic heterocycles. The first-order chi connectivity index (χ1) is 7.70. The van der Waals surface area contributed by atoms with E-state index in [2.05, 4.69) is 11.3 Å². The van der Waals surface area contributed by atoms with Crippen molar-refractivity contribution in [3.63, 3.8) is 0 Å². The normalized spacial score (nSPS) is 14.6. The van der Waals surface area contributed by atoms with Crippen LogP contribution in [0.3, 0.4) is 0 Å². The van der Waals surface area contributed by atoms with Crippen LogP contribution in [0.1, 0.15) is 6.92 Å². The standard InChI is InChI=1S/C9H12F3NO4/c1-3-4-17-8(16)13-6(7(14)15)5(2)9(10,11)12/h3,5-6H,1,4H2,2H3,(H,13,16)(H,14,15). The van der Waals surface area contributed by atoms with Crippen molar-refractivity contribution in [3.05, 3.63) is 12.7 Å². The number of hydrogen-bond donors (Lipinski definition) is 2. The molecular weight excluding hydrogens is 243 g/mol. The van der Waals surface area contributed by atoms with E-state index < -0.39 is 30.2 Å². The Labute approximate surface area is 95.2 Å². The minimum atomic E-state index is -4.73. The van der Waals surface area contributed by atoms with Crippen LogP contribution < -0.4 is 5.32 Å². The average molecular weight is 255 g/mol. The molecule has 0 aromatic heterocycles. The molecule has 0 bridgehead atoms. The highest BCUT2D eigenvalue weighted by molar-refractivity contribution is 5.80. The van der Waals surface area contributed by atoms with Gasteiger partial charge in [-0.1, -0.05) is 19.6 Å². The number of hydrogen-bond acceptors (Lipinski definition) is 3. The van der Waals surface area contributed by atoms with E-state index in [9.17, 15) is 22.8 Å². The van der Waals surface area contributed by atoms with Gasteiger partial charge in [0.25, 0.3) is 0 Å². The van der Waals surface area contributed by atoms with Gasteiger partial charge in [0.2, 0.25) is 0 Å². The van der Waals surface area contributed by atoms with Crippen LogP contribution in [0.25, 0.3) is 0 Å². The molecule has 0 spiro atoms. The SMILES string of the molecule is C=CCOC(=O)NC(C(=O)O)C(C)C(F)(F)F. The molecule has 5 nitrogen and oxygen atoms in total. The van der Waals surface area contributed by atoms with Crippen molar-refractivity contribution in [3.8, 4) is 0 Å². The number of rotatable bonds is 5. The number of carbonyl (C=O) groups is 2. The van der Waals surface area contributed by atoms with Gasteiger partial charge in [0, 0.05) is 0 Å². The lowest BCUT2D eigenvalue weighted by Gasteiger charge is -2.23. The molecule has 98 valence electrons. The van der Waals surface area contributed by atoms with Gasteiger partial charge < -0.3 is 15.2 Å². The molecule has 0 saturated carbocycles. The van der Waals surface area contributed by atoms with E-state index in [1.807, 2.05) is 0 Å². The molecule has 1 amide bonds. The zero-order chi connectivity index (χ0) is 13.6. The van der Waals surface area contributed by atoms with Gasteiger partial charge in [-0.25, -0.2) is 9.59 Å². The average Bonchev–Trinajstić information content (AvgIpc) is 2.20. The van der Waals surface area contributed by atoms with Crippen LogP contribution in [0, 0.1) is 5.92 Å². The molecule has 0 aliphatic rings. The van der Waals surface area contributed by atoms with Gasteiger partial charge in [0.05, 0.1) is 5.92 Å². The Kier molecular flexibility index (Phi) is 5.49. The first-order valence-electron chi connectivity index (χ1n) is 4.53. The van der Waals surface area contributed by atoms with Crippen LogP contribution in [0.5, 0.6) is 0 Å². The molecule has 0 aliphatic carbocycles. The van der Waals surface area contributed by atoms with Gasteiger partial charge in [-0.2, -0.15) is 13.2 Å². The minimum Gasteiger partial charge on any atom is -0.480 e. The number of nitrogens with one attached hydrogen (secondary N) is 1. The maximum Gasteiger partial charge on any atom is 0.408 e. The summed E-state index contributed by atoms with van der Waals surface area (Å²) in [5, 5.41) is 10.2. The predicted octanol–water partition coefficient (Wildman–Crippen LogP) is 1.55. The third-order valence-electron chi connectivity index (χ3n) is 1.89. The number of carboxylic acids is 1. The van der Waals surface area contributed by atoms with E-state index in [0.29, 0.717) is 6.92 Å². The van der Waals surface area contributed by atoms with Crippen molar-refractivity contribution >= 4 is 12.1 Å². The largest absolute Gasteiger partial charge is 0.480 e. The monoisotopic (exact) mass is 255 g/mol. The Hall–Kier alpha value is -1.73. The molecule has 2 atom stereocenters. The summed E-state index contributed by atoms with van der Waals surface area (Å²) in [5.41, 5.74) is 0. The van der Waals surface area contributed by atoms with Gasteiger partial charge in [0.1, 0.15) is 12.6 Å². The second-order valence-corrected chi connectivity index (χ2v) is 3.18. The lowest BCUT2D eigenvalue weighted by Crippen LogP contribution is -2.49. The molecule has 0 heterocycles. The molecule has 8 heteroatoms. The number of ether oxygens (including phenoxy) is 1. The van der Waals surface area contributed by atoms with Crippen LogP contribution in [0.2, 0.25) is 0 Å². The number of alkyl halides is 3. The van der Waals surface area contributed by atoms with Gasteiger partial charge in [-0.3, -0.25) is 0 Å². The maximum absolute atomic E-state index is 12.3. The van der Waals surface area contributed by atoms with E-state index >= 15 is 0 Å². The summed E-state index contributed by atoms with van der Waals surface area (Å²) in [4.78, 5) is 21.5. The minimum absolute atomic E-state index is 0.224. The van der Waals surface area contributed by atoms with Crippen molar-refractivity contribution in [1.82, 2.24) is 5.32 Å². The van der Waals surface area contributed by atoms with Gasteiger partial charge >= 0.3 is 18.2 Å². The van der Waals surface area contributed by atoms with Gasteiger partial charge in [0.15, 0.2) is 0 Å². The van der Waals surface area contributed by atoms with Crippen LogP contribution >= 0.6 is 0 Å². The highest BCUT2D eigenvalue weighted by Crippen LogP contribution is 2.28. The highest BCUT2D eigenvalue weighted by Gasteiger charge is 2.45. The molecule has 17 heavy (non-hydrogen) atoms. The molecule has 0 aromatic rings. The molecule has 0 aromatic carbocycles. The number of aliphatic carboxylic acids is 1. The van der Waals surface area contributed by atoms with Gasteiger partial charge in [-0.05, 0) is 0 Å². The fourth-order valence-corrected chi connectivity index (χ4v) is 0.893. The van der Waals surface area contributed by atoms with Crippen molar-refractivity contribution < 1.29 is 32.6 Å². The highest BCUT2D eigenvalue weighted by atomic mass is 19.4. The molecule has 2 N–H and O–H groups in total. The van der Waals surface area contributed by atoms with Crippen LogP contribution in [0.15, 0.2) is 12.7 Å². The quantitative estimate of drug-likeness (QED) is 0.731. The molecule has 0 radical (unpaired) electrons. The molecule has 0 rings (SSSR count). The summed E-state index contributed by atoms with van der Waals surface area (Å²) < 4.78 is 41.2. The molecular formula is C9H12F3NO4. The van der Waals surface area contributed by atoms with Crippen LogP contribution in [0.4, 0.5) is 18.0 Å². The van der Waals surface area contributed by atoms with Crippen molar-refractivity contribution in [1.29, 1.82) is 0 Å². The summed E-state index contributed by atoms with van der Waals surface area (Å²) in [6.07, 6.45) is -4.77. The summed E-state index contributed by atoms with van der Waals surface area (Å²) in [7, 11) is 0. The van der Waals surface area contributed by atoms with Crippen molar-refractivity contribution in [2.24, 2.45) is 5.92 Å². The van der Waals surface area contributed by atoms with E-state index in [-0.39, 0.29) is 6.61 Å². The predicted molar refractivity (Wildman–Crippen MR) is 51.3 cm³/mol. The first-order valence-corrected chi connectivity index (χ1v) is 4.53. The van der Waals surface area contributed by atoms with Gasteiger partial charge in [-0.15, -0.1) is 0 Å². The Morgan fingerprint density at radius 3 is 2.41 bits per heavy atom. The second-order valence-electron chi connectivity index (χ2n) is 3.18. The smallest absolute Gasteiger partial charge is 0.408 e. The van der Waals surface area contributed by atoms with Crippen molar-refractivity contribution in [2.45, 2.75) is 19.1 Å². The topological polar surface area (TPSA) is 75.6 Å². The number of carboxylic acid groups (broad SMARTS) is 1. The number of carbonyl (C=O) groups excluding carboxylic acids is 1. The Bertz CT molecular complexity index is 303. The molecule has 0 fully saturated rings. The summed E-state index contributed by atoms with van der Waals surface area (Å²) in [6, 6.07) is -2.09. The summed E-state index contributed by atoms with van der Waals surface area (Å²) in [6.45, 7) is 3.66. The fraction of sp³-hybridized carbons (Fsp3) is 0.556. The Balaban J connectivity index is 4.60. The fourth-order valence-electron chi connectivity index (χ4n) is 0.893. The van der Waals surface area contributed by atoms with Crippen LogP contribution in [-0.4, -0.2) is 36.0 Å². The van der Waals surface area contributed by atoms with E-state index in [1.54, 1.807) is 5.32 Å². The maximum atomic E-state index is 12.3. The zero-order valence-electron chi connectivity index (χ0n) is 8.95. The first kappa shape index (κ1) is 15.3. The van der Waals surface area contributed by atoms with E-state index in [1.165, 1.54) is 6.08 Å². The summed E-state index contributed by atoms with van der Waals surface area (Å²) >= 11 is 0. The van der Waals surface area contributed by atoms with E-state index in [0.717, 1.165) is 0 Å². The zero-order valence-corrected chi connectivity index (χ0v) is 8.95. The lowest BCUT2D eigenvalue weighted by atomic mass is 10.0. The number of amides is 1. The Morgan fingerprint density at radius 1 is 1.53 bits per heavy atom. The number of alkyl carbamates (subject to hydrolysis) is 1. The van der Waals surface area contributed by atoms with Crippen molar-refractivity contribution in [2.75, 3.05) is 6.61 Å². The Morgan fingerprint density at radius 2 is 2.06 bits per heavy atom. The van der Waals surface area contributed by atoms with Crippen LogP contribution in [-0.2, 0) is 9.53 Å². The van der Waals surface area contributed by atoms with E-state index in [4.69, 9.17) is 5.11 Å². The number of halogens is 3.